The largest absolute Gasteiger partial charge is 0.466 e. The Kier molecular flexibility index (Phi) is 6.40. The SMILES string of the molecule is CCOC(=O)CC1(O)C=C(Br)C(OC)(OCC)C(Br)=C1. The van der Waals surface area contributed by atoms with Crippen molar-refractivity contribution in [3.63, 3.8) is 0 Å². The van der Waals surface area contributed by atoms with Gasteiger partial charge in [-0.3, -0.25) is 4.79 Å². The number of carbonyl (C=O) groups is 1. The van der Waals surface area contributed by atoms with Crippen molar-refractivity contribution in [1.82, 2.24) is 0 Å². The molecule has 1 N–H and O–H groups in total. The summed E-state index contributed by atoms with van der Waals surface area (Å²) < 4.78 is 16.8. The lowest BCUT2D eigenvalue weighted by Gasteiger charge is -2.37. The van der Waals surface area contributed by atoms with Crippen LogP contribution >= 0.6 is 31.9 Å². The number of methoxy groups -OCH3 is 1. The zero-order valence-electron chi connectivity index (χ0n) is 11.6. The van der Waals surface area contributed by atoms with E-state index in [0.29, 0.717) is 15.6 Å². The maximum absolute atomic E-state index is 11.6. The number of carbonyl (C=O) groups excluding carboxylic acids is 1. The van der Waals surface area contributed by atoms with Crippen LogP contribution in [0.4, 0.5) is 0 Å². The van der Waals surface area contributed by atoms with Crippen LogP contribution < -0.4 is 0 Å². The van der Waals surface area contributed by atoms with Crippen molar-refractivity contribution in [3.8, 4) is 0 Å². The maximum Gasteiger partial charge on any atom is 0.309 e. The molecule has 20 heavy (non-hydrogen) atoms. The van der Waals surface area contributed by atoms with Crippen molar-refractivity contribution >= 4 is 37.8 Å². The topological polar surface area (TPSA) is 65.0 Å². The van der Waals surface area contributed by atoms with Crippen LogP contribution in [0.5, 0.6) is 0 Å². The molecule has 0 saturated carbocycles. The summed E-state index contributed by atoms with van der Waals surface area (Å²) in [5.74, 6) is -1.61. The number of aliphatic hydroxyl groups is 1. The van der Waals surface area contributed by atoms with E-state index in [1.807, 2.05) is 6.92 Å². The van der Waals surface area contributed by atoms with E-state index < -0.39 is 17.4 Å². The van der Waals surface area contributed by atoms with Gasteiger partial charge < -0.3 is 19.3 Å². The van der Waals surface area contributed by atoms with Gasteiger partial charge >= 0.3 is 5.97 Å². The second-order valence-electron chi connectivity index (χ2n) is 4.21. The Hall–Kier alpha value is -0.210. The van der Waals surface area contributed by atoms with Crippen LogP contribution in [0.15, 0.2) is 21.1 Å². The summed E-state index contributed by atoms with van der Waals surface area (Å²) in [4.78, 5) is 11.6. The number of ether oxygens (including phenoxy) is 3. The first-order valence-corrected chi connectivity index (χ1v) is 7.77. The molecule has 0 atom stereocenters. The number of hydrogen-bond donors (Lipinski definition) is 1. The van der Waals surface area contributed by atoms with Crippen LogP contribution in [0.2, 0.25) is 0 Å². The molecule has 0 aromatic carbocycles. The Morgan fingerprint density at radius 1 is 1.25 bits per heavy atom. The van der Waals surface area contributed by atoms with Gasteiger partial charge in [-0.25, -0.2) is 0 Å². The summed E-state index contributed by atoms with van der Waals surface area (Å²) in [5, 5.41) is 10.5. The molecule has 7 heteroatoms. The van der Waals surface area contributed by atoms with Gasteiger partial charge in [0.2, 0.25) is 5.79 Å². The van der Waals surface area contributed by atoms with Crippen molar-refractivity contribution in [1.29, 1.82) is 0 Å². The van der Waals surface area contributed by atoms with E-state index in [1.54, 1.807) is 6.92 Å². The molecule has 1 rings (SSSR count). The van der Waals surface area contributed by atoms with Crippen molar-refractivity contribution in [2.45, 2.75) is 31.7 Å². The van der Waals surface area contributed by atoms with E-state index in [0.717, 1.165) is 0 Å². The van der Waals surface area contributed by atoms with Crippen molar-refractivity contribution < 1.29 is 24.1 Å². The standard InChI is InChI=1S/C13H18Br2O5/c1-4-19-11(16)8-12(17)6-9(14)13(18-3,20-5-2)10(15)7-12/h6-7,17H,4-5,8H2,1-3H3. The van der Waals surface area contributed by atoms with E-state index in [-0.39, 0.29) is 13.0 Å². The van der Waals surface area contributed by atoms with E-state index in [9.17, 15) is 9.90 Å². The van der Waals surface area contributed by atoms with E-state index >= 15 is 0 Å². The van der Waals surface area contributed by atoms with Crippen molar-refractivity contribution in [2.75, 3.05) is 20.3 Å². The first-order chi connectivity index (χ1) is 9.33. The minimum Gasteiger partial charge on any atom is -0.466 e. The Morgan fingerprint density at radius 3 is 2.20 bits per heavy atom. The second-order valence-corrected chi connectivity index (χ2v) is 5.92. The molecule has 0 fully saturated rings. The summed E-state index contributed by atoms with van der Waals surface area (Å²) in [6.07, 6.45) is 2.78. The molecule has 114 valence electrons. The molecule has 0 spiro atoms. The third-order valence-corrected chi connectivity index (χ3v) is 4.25. The monoisotopic (exact) mass is 412 g/mol. The highest BCUT2D eigenvalue weighted by Gasteiger charge is 2.45. The average Bonchev–Trinajstić information content (AvgIpc) is 2.33. The van der Waals surface area contributed by atoms with Gasteiger partial charge in [0.05, 0.1) is 22.0 Å². The van der Waals surface area contributed by atoms with Gasteiger partial charge in [0.25, 0.3) is 0 Å². The molecule has 0 heterocycles. The predicted molar refractivity (Wildman–Crippen MR) is 81.6 cm³/mol. The quantitative estimate of drug-likeness (QED) is 0.535. The van der Waals surface area contributed by atoms with E-state index in [2.05, 4.69) is 31.9 Å². The summed E-state index contributed by atoms with van der Waals surface area (Å²) in [5.41, 5.74) is -1.46. The van der Waals surface area contributed by atoms with Crippen LogP contribution in [0.25, 0.3) is 0 Å². The van der Waals surface area contributed by atoms with Gasteiger partial charge in [-0.1, -0.05) is 0 Å². The molecule has 5 nitrogen and oxygen atoms in total. The molecular formula is C13H18Br2O5. The molecule has 0 aromatic heterocycles. The fraction of sp³-hybridized carbons (Fsp3) is 0.615. The summed E-state index contributed by atoms with van der Waals surface area (Å²) in [7, 11) is 1.50. The van der Waals surface area contributed by atoms with Crippen molar-refractivity contribution in [2.24, 2.45) is 0 Å². The van der Waals surface area contributed by atoms with Gasteiger partial charge in [-0.15, -0.1) is 0 Å². The highest BCUT2D eigenvalue weighted by molar-refractivity contribution is 9.12. The number of halogens is 2. The molecular weight excluding hydrogens is 396 g/mol. The molecule has 0 aromatic rings. The zero-order valence-corrected chi connectivity index (χ0v) is 14.8. The molecule has 1 aliphatic rings. The van der Waals surface area contributed by atoms with Crippen LogP contribution in [0.3, 0.4) is 0 Å². The second kappa shape index (κ2) is 7.17. The van der Waals surface area contributed by atoms with Gasteiger partial charge in [0.1, 0.15) is 5.60 Å². The number of rotatable bonds is 6. The maximum atomic E-state index is 11.6. The van der Waals surface area contributed by atoms with Crippen LogP contribution in [0.1, 0.15) is 20.3 Å². The number of hydrogen-bond acceptors (Lipinski definition) is 5. The zero-order chi connectivity index (χ0) is 15.4. The highest BCUT2D eigenvalue weighted by atomic mass is 79.9. The first kappa shape index (κ1) is 17.8. The van der Waals surface area contributed by atoms with Crippen LogP contribution in [0, 0.1) is 0 Å². The van der Waals surface area contributed by atoms with Crippen LogP contribution in [-0.2, 0) is 19.0 Å². The minimum absolute atomic E-state index is 0.184. The predicted octanol–water partition coefficient (Wildman–Crippen LogP) is 2.62. The third kappa shape index (κ3) is 3.71. The summed E-state index contributed by atoms with van der Waals surface area (Å²) in [6, 6.07) is 0. The molecule has 0 aliphatic heterocycles. The van der Waals surface area contributed by atoms with E-state index in [4.69, 9.17) is 14.2 Å². The molecule has 0 radical (unpaired) electrons. The summed E-state index contributed by atoms with van der Waals surface area (Å²) >= 11 is 6.69. The average molecular weight is 414 g/mol. The minimum atomic E-state index is -1.46. The fourth-order valence-electron chi connectivity index (χ4n) is 1.93. The Labute approximate surface area is 135 Å². The molecule has 0 amide bonds. The summed E-state index contributed by atoms with van der Waals surface area (Å²) in [6.45, 7) is 4.23. The molecule has 0 bridgehead atoms. The lowest BCUT2D eigenvalue weighted by Crippen LogP contribution is -2.43. The highest BCUT2D eigenvalue weighted by Crippen LogP contribution is 2.44. The smallest absolute Gasteiger partial charge is 0.309 e. The normalized spacial score (nSPS) is 29.7. The fourth-order valence-corrected chi connectivity index (χ4v) is 3.96. The Bertz CT molecular complexity index is 410. The van der Waals surface area contributed by atoms with Gasteiger partial charge in [0, 0.05) is 13.7 Å². The Morgan fingerprint density at radius 2 is 1.80 bits per heavy atom. The third-order valence-electron chi connectivity index (χ3n) is 2.75. The first-order valence-electron chi connectivity index (χ1n) is 6.18. The van der Waals surface area contributed by atoms with Gasteiger partial charge in [0.15, 0.2) is 0 Å². The van der Waals surface area contributed by atoms with Crippen LogP contribution in [-0.4, -0.2) is 42.8 Å². The lowest BCUT2D eigenvalue weighted by atomic mass is 9.92. The molecule has 0 saturated heterocycles. The van der Waals surface area contributed by atoms with E-state index in [1.165, 1.54) is 19.3 Å². The van der Waals surface area contributed by atoms with Gasteiger partial charge in [-0.05, 0) is 57.9 Å². The molecule has 0 unspecified atom stereocenters. The number of esters is 1. The molecule has 1 aliphatic carbocycles. The lowest BCUT2D eigenvalue weighted by molar-refractivity contribution is -0.158. The van der Waals surface area contributed by atoms with Gasteiger partial charge in [-0.2, -0.15) is 0 Å². The Balaban J connectivity index is 3.05. The van der Waals surface area contributed by atoms with Crippen molar-refractivity contribution in [3.05, 3.63) is 21.1 Å².